The third-order valence-electron chi connectivity index (χ3n) is 3.32. The molecule has 5 heteroatoms. The Morgan fingerprint density at radius 3 is 2.70 bits per heavy atom. The molecule has 104 valence electrons. The molecule has 1 fully saturated rings. The summed E-state index contributed by atoms with van der Waals surface area (Å²) in [6.07, 6.45) is -0.00134. The molecular formula is C15H16BrN3O. The van der Waals surface area contributed by atoms with E-state index >= 15 is 0 Å². The highest BCUT2D eigenvalue weighted by molar-refractivity contribution is 9.10. The quantitative estimate of drug-likeness (QED) is 0.887. The molecule has 1 unspecified atom stereocenters. The molecule has 3 rings (SSSR count). The van der Waals surface area contributed by atoms with Gasteiger partial charge in [0.2, 0.25) is 0 Å². The van der Waals surface area contributed by atoms with Crippen molar-refractivity contribution in [1.29, 1.82) is 0 Å². The van der Waals surface area contributed by atoms with Gasteiger partial charge in [-0.3, -0.25) is 0 Å². The van der Waals surface area contributed by atoms with E-state index in [-0.39, 0.29) is 6.10 Å². The van der Waals surface area contributed by atoms with Crippen LogP contribution in [-0.2, 0) is 4.74 Å². The Hall–Kier alpha value is -1.43. The molecule has 1 aromatic carbocycles. The predicted octanol–water partition coefficient (Wildman–Crippen LogP) is 2.75. The standard InChI is InChI=1S/C15H16BrN3O/c16-11-3-1-10(2-4-11)15-12(17)5-6-13(19-15)14-9-18-7-8-20-14/h1-6,14,18H,7-9,17H2. The first-order valence-electron chi connectivity index (χ1n) is 6.59. The number of pyridine rings is 1. The zero-order chi connectivity index (χ0) is 13.9. The van der Waals surface area contributed by atoms with Gasteiger partial charge in [-0.05, 0) is 24.3 Å². The van der Waals surface area contributed by atoms with Crippen molar-refractivity contribution in [3.05, 3.63) is 46.6 Å². The van der Waals surface area contributed by atoms with Crippen molar-refractivity contribution in [3.63, 3.8) is 0 Å². The van der Waals surface area contributed by atoms with Crippen LogP contribution >= 0.6 is 15.9 Å². The van der Waals surface area contributed by atoms with Crippen LogP contribution in [0.15, 0.2) is 40.9 Å². The van der Waals surface area contributed by atoms with Crippen LogP contribution < -0.4 is 11.1 Å². The number of aromatic nitrogens is 1. The summed E-state index contributed by atoms with van der Waals surface area (Å²) in [6.45, 7) is 2.39. The zero-order valence-electron chi connectivity index (χ0n) is 11.0. The zero-order valence-corrected chi connectivity index (χ0v) is 12.6. The Labute approximate surface area is 126 Å². The normalized spacial score (nSPS) is 18.9. The Kier molecular flexibility index (Phi) is 4.00. The van der Waals surface area contributed by atoms with Crippen molar-refractivity contribution in [2.24, 2.45) is 0 Å². The van der Waals surface area contributed by atoms with Crippen LogP contribution in [0.5, 0.6) is 0 Å². The summed E-state index contributed by atoms with van der Waals surface area (Å²) in [5.74, 6) is 0. The van der Waals surface area contributed by atoms with Gasteiger partial charge >= 0.3 is 0 Å². The summed E-state index contributed by atoms with van der Waals surface area (Å²) >= 11 is 3.43. The highest BCUT2D eigenvalue weighted by Gasteiger charge is 2.18. The first-order chi connectivity index (χ1) is 9.74. The van der Waals surface area contributed by atoms with E-state index in [4.69, 9.17) is 15.5 Å². The minimum absolute atomic E-state index is 0.00134. The van der Waals surface area contributed by atoms with E-state index in [0.29, 0.717) is 12.3 Å². The SMILES string of the molecule is Nc1ccc(C2CNCCO2)nc1-c1ccc(Br)cc1. The minimum Gasteiger partial charge on any atom is -0.397 e. The van der Waals surface area contributed by atoms with Crippen LogP contribution in [-0.4, -0.2) is 24.7 Å². The molecule has 0 saturated carbocycles. The molecule has 3 N–H and O–H groups in total. The van der Waals surface area contributed by atoms with E-state index < -0.39 is 0 Å². The van der Waals surface area contributed by atoms with E-state index in [9.17, 15) is 0 Å². The van der Waals surface area contributed by atoms with Crippen LogP contribution in [0, 0.1) is 0 Å². The molecule has 20 heavy (non-hydrogen) atoms. The topological polar surface area (TPSA) is 60.2 Å². The maximum Gasteiger partial charge on any atom is 0.112 e. The van der Waals surface area contributed by atoms with Gasteiger partial charge in [0, 0.05) is 23.1 Å². The molecule has 1 aliphatic heterocycles. The van der Waals surface area contributed by atoms with E-state index in [1.807, 2.05) is 36.4 Å². The molecule has 4 nitrogen and oxygen atoms in total. The minimum atomic E-state index is -0.00134. The molecule has 1 aliphatic rings. The monoisotopic (exact) mass is 333 g/mol. The molecule has 1 aromatic heterocycles. The van der Waals surface area contributed by atoms with E-state index in [0.717, 1.165) is 34.5 Å². The van der Waals surface area contributed by atoms with Gasteiger partial charge in [0.1, 0.15) is 6.10 Å². The number of hydrogen-bond donors (Lipinski definition) is 2. The van der Waals surface area contributed by atoms with Crippen molar-refractivity contribution in [2.45, 2.75) is 6.10 Å². The van der Waals surface area contributed by atoms with Crippen molar-refractivity contribution < 1.29 is 4.74 Å². The molecule has 0 amide bonds. The third-order valence-corrected chi connectivity index (χ3v) is 3.85. The van der Waals surface area contributed by atoms with Crippen LogP contribution in [0.1, 0.15) is 11.8 Å². The lowest BCUT2D eigenvalue weighted by molar-refractivity contribution is 0.0251. The average molecular weight is 334 g/mol. The molecule has 0 radical (unpaired) electrons. The Bertz CT molecular complexity index is 595. The van der Waals surface area contributed by atoms with Gasteiger partial charge in [0.25, 0.3) is 0 Å². The second kappa shape index (κ2) is 5.91. The molecule has 2 heterocycles. The number of nitrogen functional groups attached to an aromatic ring is 1. The Morgan fingerprint density at radius 1 is 1.20 bits per heavy atom. The van der Waals surface area contributed by atoms with Crippen molar-refractivity contribution >= 4 is 21.6 Å². The van der Waals surface area contributed by atoms with Crippen LogP contribution in [0.4, 0.5) is 5.69 Å². The van der Waals surface area contributed by atoms with Crippen LogP contribution in [0.3, 0.4) is 0 Å². The first-order valence-corrected chi connectivity index (χ1v) is 7.38. The van der Waals surface area contributed by atoms with Crippen LogP contribution in [0.2, 0.25) is 0 Å². The number of hydrogen-bond acceptors (Lipinski definition) is 4. The van der Waals surface area contributed by atoms with Crippen molar-refractivity contribution in [3.8, 4) is 11.3 Å². The number of nitrogens with zero attached hydrogens (tertiary/aromatic N) is 1. The van der Waals surface area contributed by atoms with Crippen molar-refractivity contribution in [1.82, 2.24) is 10.3 Å². The smallest absolute Gasteiger partial charge is 0.112 e. The molecule has 0 bridgehead atoms. The lowest BCUT2D eigenvalue weighted by Crippen LogP contribution is -2.33. The van der Waals surface area contributed by atoms with Gasteiger partial charge in [-0.15, -0.1) is 0 Å². The Morgan fingerprint density at radius 2 is 2.00 bits per heavy atom. The largest absolute Gasteiger partial charge is 0.397 e. The highest BCUT2D eigenvalue weighted by Crippen LogP contribution is 2.28. The van der Waals surface area contributed by atoms with Crippen molar-refractivity contribution in [2.75, 3.05) is 25.4 Å². The number of rotatable bonds is 2. The number of ether oxygens (including phenoxy) is 1. The molecule has 1 saturated heterocycles. The van der Waals surface area contributed by atoms with Gasteiger partial charge in [-0.25, -0.2) is 4.98 Å². The highest BCUT2D eigenvalue weighted by atomic mass is 79.9. The number of anilines is 1. The lowest BCUT2D eigenvalue weighted by atomic mass is 10.1. The summed E-state index contributed by atoms with van der Waals surface area (Å²) in [4.78, 5) is 4.69. The van der Waals surface area contributed by atoms with Gasteiger partial charge in [-0.2, -0.15) is 0 Å². The predicted molar refractivity (Wildman–Crippen MR) is 83.3 cm³/mol. The summed E-state index contributed by atoms with van der Waals surface area (Å²) in [7, 11) is 0. The fraction of sp³-hybridized carbons (Fsp3) is 0.267. The number of benzene rings is 1. The summed E-state index contributed by atoms with van der Waals surface area (Å²) in [5.41, 5.74) is 9.48. The lowest BCUT2D eigenvalue weighted by Gasteiger charge is -2.23. The third kappa shape index (κ3) is 2.85. The molecule has 2 aromatic rings. The number of morpholine rings is 1. The number of halogens is 1. The van der Waals surface area contributed by atoms with E-state index in [1.54, 1.807) is 0 Å². The van der Waals surface area contributed by atoms with E-state index in [2.05, 4.69) is 21.2 Å². The average Bonchev–Trinajstić information content (AvgIpc) is 2.50. The second-order valence-corrected chi connectivity index (χ2v) is 5.66. The summed E-state index contributed by atoms with van der Waals surface area (Å²) < 4.78 is 6.78. The van der Waals surface area contributed by atoms with E-state index in [1.165, 1.54) is 0 Å². The van der Waals surface area contributed by atoms with Gasteiger partial charge in [0.05, 0.1) is 23.7 Å². The number of nitrogens with one attached hydrogen (secondary N) is 1. The maximum atomic E-state index is 6.06. The van der Waals surface area contributed by atoms with Crippen LogP contribution in [0.25, 0.3) is 11.3 Å². The first kappa shape index (κ1) is 13.5. The summed E-state index contributed by atoms with van der Waals surface area (Å²) in [5, 5.41) is 3.31. The number of nitrogens with two attached hydrogens (primary N) is 1. The molecule has 0 aliphatic carbocycles. The van der Waals surface area contributed by atoms with Gasteiger partial charge < -0.3 is 15.8 Å². The maximum absolute atomic E-state index is 6.06. The molecular weight excluding hydrogens is 318 g/mol. The fourth-order valence-corrected chi connectivity index (χ4v) is 2.52. The molecule has 1 atom stereocenters. The Balaban J connectivity index is 1.95. The fourth-order valence-electron chi connectivity index (χ4n) is 2.26. The van der Waals surface area contributed by atoms with Gasteiger partial charge in [0.15, 0.2) is 0 Å². The van der Waals surface area contributed by atoms with Gasteiger partial charge in [-0.1, -0.05) is 28.1 Å². The molecule has 0 spiro atoms. The second-order valence-electron chi connectivity index (χ2n) is 4.74. The summed E-state index contributed by atoms with van der Waals surface area (Å²) in [6, 6.07) is 11.8.